The normalized spacial score (nSPS) is 26.6. The topological polar surface area (TPSA) is 296 Å². The fraction of sp³-hybridized carbons (Fsp3) is 0.800. The molecule has 0 aromatic heterocycles. The number of aliphatic hydroxyl groups is 2. The van der Waals surface area contributed by atoms with Gasteiger partial charge in [0, 0.05) is 49.3 Å². The molecule has 0 aromatic rings. The van der Waals surface area contributed by atoms with E-state index >= 15 is 14.4 Å². The van der Waals surface area contributed by atoms with Crippen molar-refractivity contribution in [2.75, 3.05) is 55.9 Å². The van der Waals surface area contributed by atoms with Gasteiger partial charge < -0.3 is 65.2 Å². The van der Waals surface area contributed by atoms with Crippen LogP contribution in [0.15, 0.2) is 12.2 Å². The van der Waals surface area contributed by atoms with Crippen LogP contribution < -0.4 is 16.0 Å². The zero-order valence-electron chi connectivity index (χ0n) is 58.4. The Hall–Kier alpha value is -6.17. The molecule has 0 aromatic carbocycles. The number of likely N-dealkylation sites (N-methyl/N-ethyl adjacent to an activating group) is 7. The van der Waals surface area contributed by atoms with E-state index in [1.165, 1.54) is 82.8 Å². The molecule has 1 fully saturated rings. The van der Waals surface area contributed by atoms with Crippen LogP contribution in [-0.2, 0) is 57.5 Å². The molecule has 510 valence electrons. The molecule has 24 heteroatoms. The largest absolute Gasteiger partial charge is 0.451 e. The summed E-state index contributed by atoms with van der Waals surface area (Å²) in [5.74, 6) is -10.7. The van der Waals surface area contributed by atoms with Crippen LogP contribution in [0.4, 0.5) is 0 Å². The standard InChI is InChI=1S/C65H116N10O14/c1-25-27-29-42(15)55(78)54-58(81)68-52(44(17)76)63(86)69(18)35-51(77)70(19)46(31-37(5)6)57(80)67-45(30-36(3)4)59(82)71(20)47(32-38(7)8)56(79)66-43(16)65(88)89-50(28-26-2)62(85)73(22)48(33-39(9)10)60(83)72(21)49(34-40(11)12)61(84)74(23)53(41(13)14)64(87)75(54)24/h25,27,36-50,52-55,76,78H,26,28-35H2,1-24H3,(H,66,79)(H,67,80)(H,68,81)/b27-25+/t42-,43+,44?,45+,46+,47+,48-,49+,50-,52+,53+,54?,55-/m1/s1. The number of carbonyl (C=O) groups is 11. The van der Waals surface area contributed by atoms with Gasteiger partial charge in [0.15, 0.2) is 6.10 Å². The van der Waals surface area contributed by atoms with Crippen molar-refractivity contribution < 1.29 is 67.7 Å². The molecule has 5 N–H and O–H groups in total. The lowest BCUT2D eigenvalue weighted by Gasteiger charge is -2.41. The van der Waals surface area contributed by atoms with Gasteiger partial charge in [-0.1, -0.05) is 116 Å². The summed E-state index contributed by atoms with van der Waals surface area (Å²) in [4.78, 5) is 170. The van der Waals surface area contributed by atoms with Gasteiger partial charge in [0.05, 0.1) is 18.8 Å². The highest BCUT2D eigenvalue weighted by Gasteiger charge is 2.46. The van der Waals surface area contributed by atoms with Crippen molar-refractivity contribution in [3.63, 3.8) is 0 Å². The van der Waals surface area contributed by atoms with Gasteiger partial charge in [-0.3, -0.25) is 47.9 Å². The lowest BCUT2D eigenvalue weighted by Crippen LogP contribution is -2.64. The summed E-state index contributed by atoms with van der Waals surface area (Å²) in [6.07, 6.45) is 0.148. The zero-order valence-corrected chi connectivity index (χ0v) is 58.4. The quantitative estimate of drug-likeness (QED) is 0.0963. The number of esters is 1. The third-order valence-electron chi connectivity index (χ3n) is 16.5. The van der Waals surface area contributed by atoms with Crippen LogP contribution in [0.1, 0.15) is 169 Å². The Balaban J connectivity index is 4.46. The van der Waals surface area contributed by atoms with E-state index in [1.54, 1.807) is 46.8 Å². The molecular formula is C65H116N10O14. The number of amides is 10. The molecule has 1 aliphatic rings. The number of hydrogen-bond acceptors (Lipinski definition) is 14. The second-order valence-electron chi connectivity index (χ2n) is 27.3. The number of cyclic esters (lactones) is 1. The predicted molar refractivity (Wildman–Crippen MR) is 342 cm³/mol. The van der Waals surface area contributed by atoms with Gasteiger partial charge in [0.2, 0.25) is 53.2 Å². The summed E-state index contributed by atoms with van der Waals surface area (Å²) in [5.41, 5.74) is 0. The molecule has 1 heterocycles. The minimum atomic E-state index is -1.75. The number of ether oxygens (including phenoxy) is 1. The van der Waals surface area contributed by atoms with E-state index in [-0.39, 0.29) is 74.5 Å². The Morgan fingerprint density at radius 2 is 0.933 bits per heavy atom. The van der Waals surface area contributed by atoms with Crippen molar-refractivity contribution in [3.05, 3.63) is 12.2 Å². The molecule has 24 nitrogen and oxygen atoms in total. The molecule has 0 bridgehead atoms. The lowest BCUT2D eigenvalue weighted by molar-refractivity contribution is -0.165. The molecule has 0 saturated carbocycles. The zero-order chi connectivity index (χ0) is 69.0. The molecule has 1 rings (SSSR count). The van der Waals surface area contributed by atoms with Crippen LogP contribution in [0.5, 0.6) is 0 Å². The SMILES string of the molecule is C/C=C/C[C@@H](C)[C@@H](O)C1C(=O)N[C@@H](C(C)O)C(=O)N(C)CC(=O)N(C)[C@@H](CC(C)C)C(=O)N[C@@H](CC(C)C)C(=O)N(C)[C@@H](CC(C)C)C(=O)N[C@@H](C)C(=O)O[C@H](CCC)C(=O)N(C)[C@H](CC(C)C)C(=O)N(C)[C@@H](CC(C)C)C(=O)N(C)[C@@H](C(C)C)C(=O)N1C. The molecule has 10 amide bonds. The maximum atomic E-state index is 15.2. The predicted octanol–water partition coefficient (Wildman–Crippen LogP) is 3.84. The molecule has 0 radical (unpaired) electrons. The number of nitrogens with zero attached hydrogens (tertiary/aromatic N) is 7. The first kappa shape index (κ1) is 80.8. The average Bonchev–Trinajstić information content (AvgIpc) is 0.942. The average molecular weight is 1260 g/mol. The van der Waals surface area contributed by atoms with Crippen LogP contribution in [0.25, 0.3) is 0 Å². The summed E-state index contributed by atoms with van der Waals surface area (Å²) in [5, 5.41) is 31.4. The third-order valence-corrected chi connectivity index (χ3v) is 16.5. The minimum Gasteiger partial charge on any atom is -0.451 e. The molecule has 1 aliphatic heterocycles. The van der Waals surface area contributed by atoms with Crippen molar-refractivity contribution in [1.29, 1.82) is 0 Å². The molecule has 2 unspecified atom stereocenters. The van der Waals surface area contributed by atoms with Crippen molar-refractivity contribution in [1.82, 2.24) is 50.2 Å². The number of rotatable bonds is 18. The molecule has 13 atom stereocenters. The summed E-state index contributed by atoms with van der Waals surface area (Å²) in [7, 11) is 9.64. The Labute approximate surface area is 532 Å². The van der Waals surface area contributed by atoms with E-state index in [2.05, 4.69) is 16.0 Å². The van der Waals surface area contributed by atoms with Crippen molar-refractivity contribution in [2.45, 2.75) is 242 Å². The number of nitrogens with one attached hydrogen (secondary N) is 3. The van der Waals surface area contributed by atoms with Gasteiger partial charge >= 0.3 is 5.97 Å². The highest BCUT2D eigenvalue weighted by atomic mass is 16.5. The van der Waals surface area contributed by atoms with Gasteiger partial charge in [-0.2, -0.15) is 0 Å². The highest BCUT2D eigenvalue weighted by molar-refractivity contribution is 5.99. The minimum absolute atomic E-state index is 0.0367. The number of aliphatic hydroxyl groups excluding tert-OH is 2. The van der Waals surface area contributed by atoms with Gasteiger partial charge in [-0.15, -0.1) is 0 Å². The van der Waals surface area contributed by atoms with Crippen LogP contribution in [0, 0.1) is 41.4 Å². The Kier molecular flexibility index (Phi) is 33.8. The second-order valence-corrected chi connectivity index (χ2v) is 27.3. The molecule has 0 aliphatic carbocycles. The molecule has 1 saturated heterocycles. The molecular weight excluding hydrogens is 1140 g/mol. The fourth-order valence-corrected chi connectivity index (χ4v) is 11.2. The lowest BCUT2D eigenvalue weighted by atomic mass is 9.91. The van der Waals surface area contributed by atoms with Gasteiger partial charge in [0.25, 0.3) is 5.91 Å². The monoisotopic (exact) mass is 1260 g/mol. The van der Waals surface area contributed by atoms with Crippen LogP contribution in [0.2, 0.25) is 0 Å². The number of carbonyl (C=O) groups excluding carboxylic acids is 11. The first-order valence-electron chi connectivity index (χ1n) is 32.0. The smallest absolute Gasteiger partial charge is 0.329 e. The van der Waals surface area contributed by atoms with Crippen molar-refractivity contribution >= 4 is 65.0 Å². The van der Waals surface area contributed by atoms with Crippen LogP contribution in [0.3, 0.4) is 0 Å². The van der Waals surface area contributed by atoms with Crippen LogP contribution in [-0.4, -0.2) is 238 Å². The summed E-state index contributed by atoms with van der Waals surface area (Å²) < 4.78 is 5.90. The summed E-state index contributed by atoms with van der Waals surface area (Å²) in [6, 6.07) is -12.1. The van der Waals surface area contributed by atoms with Crippen molar-refractivity contribution in [3.8, 4) is 0 Å². The maximum absolute atomic E-state index is 15.2. The fourth-order valence-electron chi connectivity index (χ4n) is 11.2. The number of allylic oxidation sites excluding steroid dienone is 2. The van der Waals surface area contributed by atoms with E-state index in [1.807, 2.05) is 69.2 Å². The first-order valence-corrected chi connectivity index (χ1v) is 32.0. The van der Waals surface area contributed by atoms with E-state index in [0.717, 1.165) is 14.7 Å². The molecule has 89 heavy (non-hydrogen) atoms. The van der Waals surface area contributed by atoms with Gasteiger partial charge in [-0.05, 0) is 107 Å². The maximum Gasteiger partial charge on any atom is 0.329 e. The van der Waals surface area contributed by atoms with Gasteiger partial charge in [-0.25, -0.2) is 4.79 Å². The van der Waals surface area contributed by atoms with E-state index < -0.39 is 156 Å². The summed E-state index contributed by atoms with van der Waals surface area (Å²) in [6.45, 7) is 29.1. The first-order chi connectivity index (χ1) is 41.1. The molecule has 0 spiro atoms. The highest BCUT2D eigenvalue weighted by Crippen LogP contribution is 2.26. The third kappa shape index (κ3) is 23.5. The van der Waals surface area contributed by atoms with Crippen LogP contribution >= 0.6 is 0 Å². The van der Waals surface area contributed by atoms with Gasteiger partial charge in [0.1, 0.15) is 54.4 Å². The number of hydrogen-bond donors (Lipinski definition) is 5. The van der Waals surface area contributed by atoms with Crippen molar-refractivity contribution in [2.24, 2.45) is 41.4 Å². The van der Waals surface area contributed by atoms with E-state index in [0.29, 0.717) is 6.42 Å². The van der Waals surface area contributed by atoms with E-state index in [4.69, 9.17) is 4.74 Å². The Morgan fingerprint density at radius 1 is 0.506 bits per heavy atom. The Bertz CT molecular complexity index is 2410. The summed E-state index contributed by atoms with van der Waals surface area (Å²) >= 11 is 0. The second kappa shape index (κ2) is 37.2. The Morgan fingerprint density at radius 3 is 1.38 bits per heavy atom. The van der Waals surface area contributed by atoms with E-state index in [9.17, 15) is 48.6 Å².